The van der Waals surface area contributed by atoms with E-state index in [0.29, 0.717) is 6.61 Å². The van der Waals surface area contributed by atoms with Crippen molar-refractivity contribution in [3.8, 4) is 0 Å². The molecule has 0 amide bonds. The van der Waals surface area contributed by atoms with Crippen molar-refractivity contribution in [2.45, 2.75) is 26.2 Å². The zero-order valence-electron chi connectivity index (χ0n) is 9.08. The van der Waals surface area contributed by atoms with Gasteiger partial charge < -0.3 is 4.74 Å². The third kappa shape index (κ3) is 2.78. The molecule has 1 heterocycles. The summed E-state index contributed by atoms with van der Waals surface area (Å²) in [6.07, 6.45) is 3.37. The zero-order valence-corrected chi connectivity index (χ0v) is 10.7. The molecule has 1 rings (SSSR count). The fourth-order valence-corrected chi connectivity index (χ4v) is 1.55. The van der Waals surface area contributed by atoms with Gasteiger partial charge in [-0.2, -0.15) is 0 Å². The Hall–Kier alpha value is -0.900. The third-order valence-corrected chi connectivity index (χ3v) is 2.65. The average molecular weight is 272 g/mol. The van der Waals surface area contributed by atoms with Gasteiger partial charge in [0.15, 0.2) is 0 Å². The highest BCUT2D eigenvalue weighted by atomic mass is 79.9. The van der Waals surface area contributed by atoms with Crippen LogP contribution in [0.2, 0.25) is 0 Å². The average Bonchev–Trinajstić information content (AvgIpc) is 2.18. The first-order valence-electron chi connectivity index (χ1n) is 4.76. The van der Waals surface area contributed by atoms with Gasteiger partial charge in [-0.3, -0.25) is 9.78 Å². The van der Waals surface area contributed by atoms with Crippen molar-refractivity contribution in [1.82, 2.24) is 4.98 Å². The predicted molar refractivity (Wildman–Crippen MR) is 61.6 cm³/mol. The maximum atomic E-state index is 11.7. The molecule has 3 nitrogen and oxygen atoms in total. The van der Waals surface area contributed by atoms with E-state index in [-0.39, 0.29) is 5.97 Å². The number of rotatable bonds is 3. The number of hydrogen-bond donors (Lipinski definition) is 0. The summed E-state index contributed by atoms with van der Waals surface area (Å²) < 4.78 is 5.88. The molecule has 0 atom stereocenters. The molecular formula is C11H14BrNO2. The standard InChI is InChI=1S/C11H14BrNO2/c1-4-15-10(14)11(2,3)8-5-9(12)7-13-6-8/h5-7H,4H2,1-3H3. The van der Waals surface area contributed by atoms with Crippen molar-refractivity contribution in [2.24, 2.45) is 0 Å². The van der Waals surface area contributed by atoms with E-state index >= 15 is 0 Å². The summed E-state index contributed by atoms with van der Waals surface area (Å²) in [5.41, 5.74) is 0.183. The molecule has 0 aromatic carbocycles. The van der Waals surface area contributed by atoms with Crippen LogP contribution in [0.4, 0.5) is 0 Å². The second kappa shape index (κ2) is 4.75. The molecule has 0 fully saturated rings. The highest BCUT2D eigenvalue weighted by molar-refractivity contribution is 9.10. The van der Waals surface area contributed by atoms with Crippen LogP contribution in [0.3, 0.4) is 0 Å². The number of hydrogen-bond acceptors (Lipinski definition) is 3. The first-order valence-corrected chi connectivity index (χ1v) is 5.56. The SMILES string of the molecule is CCOC(=O)C(C)(C)c1cncc(Br)c1. The minimum Gasteiger partial charge on any atom is -0.465 e. The van der Waals surface area contributed by atoms with Crippen LogP contribution in [-0.4, -0.2) is 17.6 Å². The van der Waals surface area contributed by atoms with Crippen LogP contribution in [0.25, 0.3) is 0 Å². The number of carbonyl (C=O) groups is 1. The van der Waals surface area contributed by atoms with E-state index < -0.39 is 5.41 Å². The molecular weight excluding hydrogens is 258 g/mol. The Balaban J connectivity index is 2.99. The largest absolute Gasteiger partial charge is 0.465 e. The van der Waals surface area contributed by atoms with Crippen LogP contribution in [-0.2, 0) is 14.9 Å². The molecule has 82 valence electrons. The number of aromatic nitrogens is 1. The summed E-state index contributed by atoms with van der Waals surface area (Å²) in [4.78, 5) is 15.7. The van der Waals surface area contributed by atoms with Crippen molar-refractivity contribution in [3.63, 3.8) is 0 Å². The number of esters is 1. The van der Waals surface area contributed by atoms with Gasteiger partial charge in [-0.05, 0) is 48.3 Å². The molecule has 0 spiro atoms. The smallest absolute Gasteiger partial charge is 0.316 e. The minimum atomic E-state index is -0.660. The number of nitrogens with zero attached hydrogens (tertiary/aromatic N) is 1. The lowest BCUT2D eigenvalue weighted by atomic mass is 9.86. The molecule has 1 aromatic rings. The third-order valence-electron chi connectivity index (χ3n) is 2.21. The summed E-state index contributed by atoms with van der Waals surface area (Å²) in [5, 5.41) is 0. The van der Waals surface area contributed by atoms with Gasteiger partial charge in [0.05, 0.1) is 12.0 Å². The Kier molecular flexibility index (Phi) is 3.85. The lowest BCUT2D eigenvalue weighted by Gasteiger charge is -2.22. The van der Waals surface area contributed by atoms with Crippen LogP contribution in [0, 0.1) is 0 Å². The van der Waals surface area contributed by atoms with Crippen molar-refractivity contribution >= 4 is 21.9 Å². The summed E-state index contributed by atoms with van der Waals surface area (Å²) in [5.74, 6) is -0.232. The van der Waals surface area contributed by atoms with E-state index in [1.165, 1.54) is 0 Å². The van der Waals surface area contributed by atoms with Gasteiger partial charge in [-0.25, -0.2) is 0 Å². The fourth-order valence-electron chi connectivity index (χ4n) is 1.18. The molecule has 4 heteroatoms. The highest BCUT2D eigenvalue weighted by Gasteiger charge is 2.31. The van der Waals surface area contributed by atoms with E-state index in [9.17, 15) is 4.79 Å². The molecule has 0 saturated heterocycles. The Morgan fingerprint density at radius 2 is 2.20 bits per heavy atom. The Morgan fingerprint density at radius 3 is 2.73 bits per heavy atom. The number of halogens is 1. The first kappa shape index (κ1) is 12.2. The molecule has 0 unspecified atom stereocenters. The summed E-state index contributed by atoms with van der Waals surface area (Å²) in [6, 6.07) is 1.88. The predicted octanol–water partition coefficient (Wildman–Crippen LogP) is 2.68. The molecule has 0 N–H and O–H groups in total. The maximum absolute atomic E-state index is 11.7. The van der Waals surface area contributed by atoms with Crippen LogP contribution in [0.5, 0.6) is 0 Å². The fraction of sp³-hybridized carbons (Fsp3) is 0.455. The minimum absolute atomic E-state index is 0.232. The Morgan fingerprint density at radius 1 is 1.53 bits per heavy atom. The molecule has 0 aliphatic carbocycles. The van der Waals surface area contributed by atoms with Gasteiger partial charge in [0.2, 0.25) is 0 Å². The van der Waals surface area contributed by atoms with Crippen molar-refractivity contribution < 1.29 is 9.53 Å². The lowest BCUT2D eigenvalue weighted by Crippen LogP contribution is -2.31. The van der Waals surface area contributed by atoms with Crippen molar-refractivity contribution in [3.05, 3.63) is 28.5 Å². The van der Waals surface area contributed by atoms with Crippen LogP contribution >= 0.6 is 15.9 Å². The topological polar surface area (TPSA) is 39.2 Å². The zero-order chi connectivity index (χ0) is 11.5. The van der Waals surface area contributed by atoms with Crippen LogP contribution < -0.4 is 0 Å². The first-order chi connectivity index (χ1) is 6.98. The summed E-state index contributed by atoms with van der Waals surface area (Å²) in [7, 11) is 0. The molecule has 0 aliphatic heterocycles. The molecule has 0 aliphatic rings. The van der Waals surface area contributed by atoms with E-state index in [4.69, 9.17) is 4.74 Å². The van der Waals surface area contributed by atoms with Gasteiger partial charge in [0.25, 0.3) is 0 Å². The van der Waals surface area contributed by atoms with Gasteiger partial charge in [-0.15, -0.1) is 0 Å². The molecule has 0 bridgehead atoms. The van der Waals surface area contributed by atoms with E-state index in [1.54, 1.807) is 19.3 Å². The van der Waals surface area contributed by atoms with Gasteiger partial charge >= 0.3 is 5.97 Å². The van der Waals surface area contributed by atoms with Gasteiger partial charge in [0, 0.05) is 16.9 Å². The second-order valence-electron chi connectivity index (χ2n) is 3.74. The van der Waals surface area contributed by atoms with Gasteiger partial charge in [0.1, 0.15) is 0 Å². The van der Waals surface area contributed by atoms with Crippen LogP contribution in [0.15, 0.2) is 22.9 Å². The normalized spacial score (nSPS) is 11.2. The monoisotopic (exact) mass is 271 g/mol. The number of pyridine rings is 1. The van der Waals surface area contributed by atoms with Crippen molar-refractivity contribution in [2.75, 3.05) is 6.61 Å². The van der Waals surface area contributed by atoms with Crippen LogP contribution in [0.1, 0.15) is 26.3 Å². The molecule has 0 radical (unpaired) electrons. The Bertz CT molecular complexity index is 363. The second-order valence-corrected chi connectivity index (χ2v) is 4.65. The molecule has 15 heavy (non-hydrogen) atoms. The molecule has 1 aromatic heterocycles. The lowest BCUT2D eigenvalue weighted by molar-refractivity contribution is -0.148. The number of ether oxygens (including phenoxy) is 1. The summed E-state index contributed by atoms with van der Waals surface area (Å²) in [6.45, 7) is 5.85. The van der Waals surface area contributed by atoms with E-state index in [1.807, 2.05) is 19.9 Å². The Labute approximate surface area is 98.0 Å². The van der Waals surface area contributed by atoms with Gasteiger partial charge in [-0.1, -0.05) is 0 Å². The molecule has 0 saturated carbocycles. The van der Waals surface area contributed by atoms with E-state index in [2.05, 4.69) is 20.9 Å². The quantitative estimate of drug-likeness (QED) is 0.794. The highest BCUT2D eigenvalue weighted by Crippen LogP contribution is 2.26. The number of carbonyl (C=O) groups excluding carboxylic acids is 1. The van der Waals surface area contributed by atoms with Crippen molar-refractivity contribution in [1.29, 1.82) is 0 Å². The van der Waals surface area contributed by atoms with E-state index in [0.717, 1.165) is 10.0 Å². The summed E-state index contributed by atoms with van der Waals surface area (Å²) >= 11 is 3.33. The maximum Gasteiger partial charge on any atom is 0.316 e.